The molecular formula is C14H12ClN5. The van der Waals surface area contributed by atoms with E-state index in [1.165, 1.54) is 0 Å². The molecule has 0 aliphatic rings. The van der Waals surface area contributed by atoms with Crippen LogP contribution in [-0.2, 0) is 0 Å². The Labute approximate surface area is 121 Å². The highest BCUT2D eigenvalue weighted by Gasteiger charge is 2.13. The lowest BCUT2D eigenvalue weighted by Gasteiger charge is -2.09. The van der Waals surface area contributed by atoms with Gasteiger partial charge in [0.1, 0.15) is 0 Å². The summed E-state index contributed by atoms with van der Waals surface area (Å²) in [6, 6.07) is 13.1. The largest absolute Gasteiger partial charge is 0.399 e. The predicted molar refractivity (Wildman–Crippen MR) is 78.7 cm³/mol. The maximum Gasteiger partial charge on any atom is 0.187 e. The number of aromatic nitrogens is 4. The first-order chi connectivity index (χ1) is 9.66. The molecule has 0 aliphatic carbocycles. The molecule has 3 aromatic rings. The van der Waals surface area contributed by atoms with Crippen molar-refractivity contribution in [3.63, 3.8) is 0 Å². The van der Waals surface area contributed by atoms with E-state index in [1.807, 2.05) is 49.4 Å². The fourth-order valence-electron chi connectivity index (χ4n) is 1.99. The molecule has 3 rings (SSSR count). The molecule has 0 bridgehead atoms. The fraction of sp³-hybridized carbons (Fsp3) is 0.0714. The first kappa shape index (κ1) is 12.6. The Hall–Kier alpha value is -2.40. The molecular weight excluding hydrogens is 274 g/mol. The lowest BCUT2D eigenvalue weighted by atomic mass is 10.1. The summed E-state index contributed by atoms with van der Waals surface area (Å²) in [6.45, 7) is 1.94. The predicted octanol–water partition coefficient (Wildman–Crippen LogP) is 2.87. The van der Waals surface area contributed by atoms with Crippen LogP contribution in [0.15, 0.2) is 42.5 Å². The number of nitrogens with zero attached hydrogens (tertiary/aromatic N) is 4. The van der Waals surface area contributed by atoms with Crippen molar-refractivity contribution in [2.24, 2.45) is 0 Å². The van der Waals surface area contributed by atoms with E-state index >= 15 is 0 Å². The highest BCUT2D eigenvalue weighted by Crippen LogP contribution is 2.25. The van der Waals surface area contributed by atoms with E-state index in [2.05, 4.69) is 15.5 Å². The third-order valence-corrected chi connectivity index (χ3v) is 3.52. The Balaban J connectivity index is 2.15. The quantitative estimate of drug-likeness (QED) is 0.735. The van der Waals surface area contributed by atoms with Crippen molar-refractivity contribution in [2.45, 2.75) is 6.92 Å². The van der Waals surface area contributed by atoms with Gasteiger partial charge < -0.3 is 5.73 Å². The minimum Gasteiger partial charge on any atom is -0.399 e. The zero-order valence-corrected chi connectivity index (χ0v) is 11.5. The lowest BCUT2D eigenvalue weighted by Crippen LogP contribution is -2.02. The summed E-state index contributed by atoms with van der Waals surface area (Å²) in [6.07, 6.45) is 0. The Morgan fingerprint density at radius 2 is 1.85 bits per heavy atom. The molecule has 2 aromatic carbocycles. The molecule has 5 nitrogen and oxygen atoms in total. The zero-order chi connectivity index (χ0) is 14.1. The highest BCUT2D eigenvalue weighted by molar-refractivity contribution is 6.31. The van der Waals surface area contributed by atoms with Gasteiger partial charge in [0.05, 0.1) is 5.69 Å². The van der Waals surface area contributed by atoms with E-state index in [-0.39, 0.29) is 0 Å². The number of hydrogen-bond donors (Lipinski definition) is 1. The van der Waals surface area contributed by atoms with Crippen LogP contribution in [0.1, 0.15) is 5.56 Å². The van der Waals surface area contributed by atoms with E-state index in [0.717, 1.165) is 16.8 Å². The first-order valence-corrected chi connectivity index (χ1v) is 6.44. The maximum absolute atomic E-state index is 6.15. The van der Waals surface area contributed by atoms with Crippen LogP contribution >= 0.6 is 11.6 Å². The highest BCUT2D eigenvalue weighted by atomic mass is 35.5. The van der Waals surface area contributed by atoms with Gasteiger partial charge in [-0.1, -0.05) is 17.7 Å². The number of halogens is 1. The second kappa shape index (κ2) is 4.94. The van der Waals surface area contributed by atoms with Crippen molar-refractivity contribution in [1.82, 2.24) is 20.2 Å². The van der Waals surface area contributed by atoms with Gasteiger partial charge in [0.2, 0.25) is 0 Å². The van der Waals surface area contributed by atoms with Gasteiger partial charge in [0.15, 0.2) is 5.82 Å². The molecule has 0 atom stereocenters. The lowest BCUT2D eigenvalue weighted by molar-refractivity contribution is 0.787. The van der Waals surface area contributed by atoms with Crippen LogP contribution < -0.4 is 5.73 Å². The molecule has 6 heteroatoms. The third-order valence-electron chi connectivity index (χ3n) is 3.11. The smallest absolute Gasteiger partial charge is 0.187 e. The summed E-state index contributed by atoms with van der Waals surface area (Å²) in [4.78, 5) is 0. The van der Waals surface area contributed by atoms with Gasteiger partial charge in [-0.25, -0.2) is 0 Å². The summed E-state index contributed by atoms with van der Waals surface area (Å²) in [5.74, 6) is 0.648. The molecule has 20 heavy (non-hydrogen) atoms. The molecule has 0 spiro atoms. The average Bonchev–Trinajstić information content (AvgIpc) is 2.92. The van der Waals surface area contributed by atoms with Gasteiger partial charge in [0.25, 0.3) is 0 Å². The average molecular weight is 286 g/mol. The molecule has 1 aromatic heterocycles. The van der Waals surface area contributed by atoms with Crippen molar-refractivity contribution in [3.05, 3.63) is 53.1 Å². The number of anilines is 1. The van der Waals surface area contributed by atoms with Gasteiger partial charge >= 0.3 is 0 Å². The summed E-state index contributed by atoms with van der Waals surface area (Å²) >= 11 is 6.15. The second-order valence-corrected chi connectivity index (χ2v) is 4.83. The van der Waals surface area contributed by atoms with Crippen molar-refractivity contribution in [2.75, 3.05) is 5.73 Å². The van der Waals surface area contributed by atoms with Gasteiger partial charge in [-0.2, -0.15) is 4.68 Å². The van der Waals surface area contributed by atoms with Crippen molar-refractivity contribution >= 4 is 17.3 Å². The van der Waals surface area contributed by atoms with E-state index in [0.29, 0.717) is 16.5 Å². The molecule has 100 valence electrons. The molecule has 0 saturated carbocycles. The van der Waals surface area contributed by atoms with E-state index < -0.39 is 0 Å². The van der Waals surface area contributed by atoms with Crippen LogP contribution in [0.5, 0.6) is 0 Å². The van der Waals surface area contributed by atoms with Crippen LogP contribution in [0.3, 0.4) is 0 Å². The van der Waals surface area contributed by atoms with Crippen LogP contribution in [0.4, 0.5) is 5.69 Å². The number of nitrogens with two attached hydrogens (primary N) is 1. The van der Waals surface area contributed by atoms with Crippen LogP contribution in [0.25, 0.3) is 17.1 Å². The number of tetrazole rings is 1. The molecule has 2 N–H and O–H groups in total. The summed E-state index contributed by atoms with van der Waals surface area (Å²) in [7, 11) is 0. The molecule has 0 radical (unpaired) electrons. The molecule has 0 unspecified atom stereocenters. The van der Waals surface area contributed by atoms with E-state index in [4.69, 9.17) is 17.3 Å². The van der Waals surface area contributed by atoms with Crippen molar-refractivity contribution < 1.29 is 0 Å². The maximum atomic E-state index is 6.15. The Morgan fingerprint density at radius 1 is 1.10 bits per heavy atom. The Bertz CT molecular complexity index is 749. The fourth-order valence-corrected chi connectivity index (χ4v) is 2.16. The summed E-state index contributed by atoms with van der Waals surface area (Å²) in [5, 5.41) is 12.6. The Kier molecular flexibility index (Phi) is 3.12. The normalized spacial score (nSPS) is 10.7. The number of nitrogen functional groups attached to an aromatic ring is 1. The SMILES string of the molecule is Cc1c(Cl)cccc1-n1nnnc1-c1ccc(N)cc1. The standard InChI is InChI=1S/C14H12ClN5/c1-9-12(15)3-2-4-13(9)20-14(17-18-19-20)10-5-7-11(16)8-6-10/h2-8H,16H2,1H3. The van der Waals surface area contributed by atoms with Crippen LogP contribution in [0, 0.1) is 6.92 Å². The zero-order valence-electron chi connectivity index (χ0n) is 10.8. The van der Waals surface area contributed by atoms with Gasteiger partial charge in [-0.05, 0) is 59.3 Å². The van der Waals surface area contributed by atoms with Crippen molar-refractivity contribution in [3.8, 4) is 17.1 Å². The topological polar surface area (TPSA) is 69.6 Å². The Morgan fingerprint density at radius 3 is 2.60 bits per heavy atom. The number of hydrogen-bond acceptors (Lipinski definition) is 4. The molecule has 1 heterocycles. The summed E-state index contributed by atoms with van der Waals surface area (Å²) in [5.41, 5.74) is 9.07. The number of rotatable bonds is 2. The summed E-state index contributed by atoms with van der Waals surface area (Å²) < 4.78 is 1.67. The van der Waals surface area contributed by atoms with Crippen molar-refractivity contribution in [1.29, 1.82) is 0 Å². The van der Waals surface area contributed by atoms with Gasteiger partial charge in [-0.15, -0.1) is 5.10 Å². The minimum atomic E-state index is 0.648. The molecule has 0 aliphatic heterocycles. The second-order valence-electron chi connectivity index (χ2n) is 4.42. The first-order valence-electron chi connectivity index (χ1n) is 6.06. The molecule has 0 saturated heterocycles. The van der Waals surface area contributed by atoms with Crippen LogP contribution in [0.2, 0.25) is 5.02 Å². The molecule has 0 amide bonds. The monoisotopic (exact) mass is 285 g/mol. The number of benzene rings is 2. The van der Waals surface area contributed by atoms with Gasteiger partial charge in [-0.3, -0.25) is 0 Å². The minimum absolute atomic E-state index is 0.648. The molecule has 0 fully saturated rings. The van der Waals surface area contributed by atoms with E-state index in [9.17, 15) is 0 Å². The van der Waals surface area contributed by atoms with E-state index in [1.54, 1.807) is 4.68 Å². The van der Waals surface area contributed by atoms with Crippen LogP contribution in [-0.4, -0.2) is 20.2 Å². The third kappa shape index (κ3) is 2.12. The van der Waals surface area contributed by atoms with Gasteiger partial charge in [0, 0.05) is 16.3 Å².